The quantitative estimate of drug-likeness (QED) is 0.242. The highest BCUT2D eigenvalue weighted by Gasteiger charge is 2.27. The van der Waals surface area contributed by atoms with Crippen LogP contribution < -0.4 is 14.8 Å². The van der Waals surface area contributed by atoms with Crippen LogP contribution in [0.4, 0.5) is 5.69 Å². The van der Waals surface area contributed by atoms with Gasteiger partial charge < -0.3 is 20.5 Å². The van der Waals surface area contributed by atoms with Crippen molar-refractivity contribution in [2.75, 3.05) is 29.7 Å². The van der Waals surface area contributed by atoms with Crippen LogP contribution in [-0.4, -0.2) is 67.6 Å². The van der Waals surface area contributed by atoms with Crippen molar-refractivity contribution >= 4 is 39.4 Å². The highest BCUT2D eigenvalue weighted by molar-refractivity contribution is 7.93. The SMILES string of the molecule is CC(=N)N1CCC(Oc2ccc(N(CC=Cc3cccc(C(=N)N)c3)S(=O)(=O)CC(=O)O)cc2C(C)C)CC1. The summed E-state index contributed by atoms with van der Waals surface area (Å²) < 4.78 is 33.6. The average Bonchev–Trinajstić information content (AvgIpc) is 2.86. The Balaban J connectivity index is 1.88. The van der Waals surface area contributed by atoms with Crippen molar-refractivity contribution < 1.29 is 23.1 Å². The van der Waals surface area contributed by atoms with E-state index < -0.39 is 21.7 Å². The lowest BCUT2D eigenvalue weighted by Gasteiger charge is -2.33. The number of sulfonamides is 1. The lowest BCUT2D eigenvalue weighted by Crippen LogP contribution is -2.40. The Bertz CT molecular complexity index is 1350. The zero-order valence-corrected chi connectivity index (χ0v) is 23.4. The zero-order valence-electron chi connectivity index (χ0n) is 22.6. The summed E-state index contributed by atoms with van der Waals surface area (Å²) in [5.74, 6) is -1.31. The summed E-state index contributed by atoms with van der Waals surface area (Å²) in [5.41, 5.74) is 8.01. The van der Waals surface area contributed by atoms with Gasteiger partial charge in [-0.1, -0.05) is 44.2 Å². The van der Waals surface area contributed by atoms with Crippen LogP contribution in [0.1, 0.15) is 56.2 Å². The molecule has 2 aromatic carbocycles. The molecule has 210 valence electrons. The molecule has 1 aliphatic heterocycles. The van der Waals surface area contributed by atoms with Crippen molar-refractivity contribution in [2.24, 2.45) is 5.73 Å². The second kappa shape index (κ2) is 12.8. The molecular weight excluding hydrogens is 518 g/mol. The molecule has 0 aromatic heterocycles. The monoisotopic (exact) mass is 555 g/mol. The Morgan fingerprint density at radius 2 is 1.90 bits per heavy atom. The van der Waals surface area contributed by atoms with Crippen molar-refractivity contribution in [1.82, 2.24) is 4.90 Å². The van der Waals surface area contributed by atoms with E-state index in [0.717, 1.165) is 41.4 Å². The zero-order chi connectivity index (χ0) is 28.7. The van der Waals surface area contributed by atoms with Crippen LogP contribution in [0.3, 0.4) is 0 Å². The van der Waals surface area contributed by atoms with Gasteiger partial charge in [-0.3, -0.25) is 19.9 Å². The number of amidine groups is 2. The van der Waals surface area contributed by atoms with Gasteiger partial charge in [0, 0.05) is 31.5 Å². The van der Waals surface area contributed by atoms with E-state index in [1.165, 1.54) is 0 Å². The maximum absolute atomic E-state index is 13.1. The first-order chi connectivity index (χ1) is 18.4. The van der Waals surface area contributed by atoms with Gasteiger partial charge in [0.25, 0.3) is 0 Å². The first-order valence-corrected chi connectivity index (χ1v) is 14.4. The lowest BCUT2D eigenvalue weighted by atomic mass is 10.0. The summed E-state index contributed by atoms with van der Waals surface area (Å²) in [4.78, 5) is 13.4. The third-order valence-electron chi connectivity index (χ3n) is 6.53. The summed E-state index contributed by atoms with van der Waals surface area (Å²) >= 11 is 0. The van der Waals surface area contributed by atoms with Crippen LogP contribution in [0.25, 0.3) is 6.08 Å². The summed E-state index contributed by atoms with van der Waals surface area (Å²) in [6, 6.07) is 12.1. The van der Waals surface area contributed by atoms with Crippen molar-refractivity contribution in [3.63, 3.8) is 0 Å². The highest BCUT2D eigenvalue weighted by Crippen LogP contribution is 2.34. The number of carboxylic acid groups (broad SMARTS) is 1. The van der Waals surface area contributed by atoms with Gasteiger partial charge in [0.1, 0.15) is 17.7 Å². The third kappa shape index (κ3) is 8.06. The Morgan fingerprint density at radius 3 is 2.49 bits per heavy atom. The standard InChI is InChI=1S/C28H37N5O5S/c1-19(2)25-17-23(9-10-26(25)38-24-11-14-32(15-12-24)20(3)29)33(39(36,37)18-27(34)35)13-5-7-21-6-4-8-22(16-21)28(30)31/h4-10,16-17,19,24,29H,11-15,18H2,1-3H3,(H3,30,31)(H,34,35). The molecule has 10 nitrogen and oxygen atoms in total. The van der Waals surface area contributed by atoms with E-state index in [1.54, 1.807) is 61.5 Å². The first-order valence-electron chi connectivity index (χ1n) is 12.8. The number of nitrogens with zero attached hydrogens (tertiary/aromatic N) is 2. The van der Waals surface area contributed by atoms with E-state index in [4.69, 9.17) is 21.3 Å². The summed E-state index contributed by atoms with van der Waals surface area (Å²) in [7, 11) is -4.19. The normalized spacial score (nSPS) is 14.5. The number of rotatable bonds is 11. The van der Waals surface area contributed by atoms with Gasteiger partial charge in [0.2, 0.25) is 10.0 Å². The average molecular weight is 556 g/mol. The van der Waals surface area contributed by atoms with Gasteiger partial charge in [-0.05, 0) is 48.2 Å². The fourth-order valence-corrected chi connectivity index (χ4v) is 5.66. The molecule has 11 heteroatoms. The molecule has 0 saturated carbocycles. The number of nitrogen functional groups attached to an aromatic ring is 1. The molecule has 3 rings (SSSR count). The number of carboxylic acids is 1. The van der Waals surface area contributed by atoms with Crippen LogP contribution in [0, 0.1) is 10.8 Å². The molecule has 1 fully saturated rings. The molecule has 39 heavy (non-hydrogen) atoms. The predicted octanol–water partition coefficient (Wildman–Crippen LogP) is 3.87. The minimum absolute atomic E-state index is 0.00973. The number of nitrogens with two attached hydrogens (primary N) is 1. The second-order valence-corrected chi connectivity index (χ2v) is 11.8. The highest BCUT2D eigenvalue weighted by atomic mass is 32.2. The number of piperidine rings is 1. The fraction of sp³-hybridized carbons (Fsp3) is 0.393. The maximum Gasteiger partial charge on any atom is 0.320 e. The van der Waals surface area contributed by atoms with Crippen molar-refractivity contribution in [3.8, 4) is 5.75 Å². The van der Waals surface area contributed by atoms with E-state index >= 15 is 0 Å². The van der Waals surface area contributed by atoms with Crippen molar-refractivity contribution in [1.29, 1.82) is 10.8 Å². The van der Waals surface area contributed by atoms with E-state index in [0.29, 0.717) is 22.8 Å². The summed E-state index contributed by atoms with van der Waals surface area (Å²) in [6.45, 7) is 7.17. The van der Waals surface area contributed by atoms with Crippen LogP contribution in [0.15, 0.2) is 48.5 Å². The number of carbonyl (C=O) groups is 1. The van der Waals surface area contributed by atoms with Gasteiger partial charge in [0.15, 0.2) is 5.75 Å². The first kappa shape index (κ1) is 29.7. The molecule has 1 aliphatic rings. The lowest BCUT2D eigenvalue weighted by molar-refractivity contribution is -0.134. The third-order valence-corrected chi connectivity index (χ3v) is 8.18. The van der Waals surface area contributed by atoms with Crippen LogP contribution in [0.5, 0.6) is 5.75 Å². The summed E-state index contributed by atoms with van der Waals surface area (Å²) in [5, 5.41) is 24.7. The fourth-order valence-electron chi connectivity index (χ4n) is 4.45. The van der Waals surface area contributed by atoms with E-state index in [2.05, 4.69) is 0 Å². The minimum atomic E-state index is -4.19. The molecule has 0 radical (unpaired) electrons. The van der Waals surface area contributed by atoms with E-state index in [1.807, 2.05) is 18.7 Å². The van der Waals surface area contributed by atoms with Gasteiger partial charge in [-0.25, -0.2) is 8.42 Å². The molecule has 0 atom stereocenters. The number of hydrogen-bond acceptors (Lipinski definition) is 6. The molecule has 1 heterocycles. The number of nitrogens with one attached hydrogen (secondary N) is 2. The Hall–Kier alpha value is -3.86. The molecular formula is C28H37N5O5S. The van der Waals surface area contributed by atoms with Crippen LogP contribution in [-0.2, 0) is 14.8 Å². The smallest absolute Gasteiger partial charge is 0.320 e. The molecule has 1 saturated heterocycles. The van der Waals surface area contributed by atoms with Crippen molar-refractivity contribution in [2.45, 2.75) is 45.6 Å². The Labute approximate surface area is 230 Å². The molecule has 5 N–H and O–H groups in total. The Morgan fingerprint density at radius 1 is 1.21 bits per heavy atom. The van der Waals surface area contributed by atoms with Crippen LogP contribution in [0.2, 0.25) is 0 Å². The minimum Gasteiger partial charge on any atom is -0.490 e. The van der Waals surface area contributed by atoms with E-state index in [9.17, 15) is 18.3 Å². The predicted molar refractivity (Wildman–Crippen MR) is 154 cm³/mol. The number of likely N-dealkylation sites (tertiary alicyclic amines) is 1. The number of aliphatic carboxylic acids is 1. The number of hydrogen-bond donors (Lipinski definition) is 4. The van der Waals surface area contributed by atoms with Gasteiger partial charge >= 0.3 is 5.97 Å². The van der Waals surface area contributed by atoms with E-state index in [-0.39, 0.29) is 24.4 Å². The number of benzene rings is 2. The van der Waals surface area contributed by atoms with Crippen LogP contribution >= 0.6 is 0 Å². The topological polar surface area (TPSA) is 161 Å². The number of anilines is 1. The molecule has 0 bridgehead atoms. The molecule has 0 spiro atoms. The van der Waals surface area contributed by atoms with Gasteiger partial charge in [0.05, 0.1) is 18.1 Å². The van der Waals surface area contributed by atoms with Crippen molar-refractivity contribution in [3.05, 3.63) is 65.2 Å². The summed E-state index contributed by atoms with van der Waals surface area (Å²) in [6.07, 6.45) is 4.90. The molecule has 0 unspecified atom stereocenters. The molecule has 0 aliphatic carbocycles. The van der Waals surface area contributed by atoms with Gasteiger partial charge in [-0.15, -0.1) is 0 Å². The second-order valence-electron chi connectivity index (χ2n) is 9.89. The largest absolute Gasteiger partial charge is 0.490 e. The maximum atomic E-state index is 13.1. The molecule has 0 amide bonds. The number of ether oxygens (including phenoxy) is 1. The van der Waals surface area contributed by atoms with Gasteiger partial charge in [-0.2, -0.15) is 0 Å². The Kier molecular flexibility index (Phi) is 9.74. The molecule has 2 aromatic rings.